The normalized spacial score (nSPS) is 10.1. The maximum Gasteiger partial charge on any atom is 0.212 e. The summed E-state index contributed by atoms with van der Waals surface area (Å²) in [4.78, 5) is 6.26. The maximum absolute atomic E-state index is 5.03. The summed E-state index contributed by atoms with van der Waals surface area (Å²) in [5, 5.41) is 3.37. The summed E-state index contributed by atoms with van der Waals surface area (Å²) in [6, 6.07) is 12.2. The number of benzene rings is 1. The molecule has 2 aromatic rings. The van der Waals surface area contributed by atoms with Gasteiger partial charge < -0.3 is 15.0 Å². The molecule has 0 fully saturated rings. The minimum absolute atomic E-state index is 0.638. The first kappa shape index (κ1) is 13.2. The van der Waals surface area contributed by atoms with Crippen LogP contribution in [0.15, 0.2) is 42.6 Å². The molecule has 0 saturated carbocycles. The zero-order chi connectivity index (χ0) is 13.7. The van der Waals surface area contributed by atoms with Gasteiger partial charge in [0, 0.05) is 44.3 Å². The summed E-state index contributed by atoms with van der Waals surface area (Å²) >= 11 is 0. The number of nitrogens with one attached hydrogen (secondary N) is 1. The minimum atomic E-state index is 0.638. The van der Waals surface area contributed by atoms with Crippen molar-refractivity contribution < 1.29 is 4.74 Å². The Morgan fingerprint density at radius 1 is 1.11 bits per heavy atom. The molecule has 0 amide bonds. The number of rotatable bonds is 5. The topological polar surface area (TPSA) is 37.4 Å². The fourth-order valence-electron chi connectivity index (χ4n) is 1.72. The van der Waals surface area contributed by atoms with Crippen LogP contribution in [0.1, 0.15) is 5.56 Å². The van der Waals surface area contributed by atoms with Crippen LogP contribution in [0.4, 0.5) is 11.4 Å². The molecule has 0 aliphatic heterocycles. The quantitative estimate of drug-likeness (QED) is 0.893. The Morgan fingerprint density at radius 2 is 1.84 bits per heavy atom. The molecular weight excluding hydrogens is 238 g/mol. The SMILES string of the molecule is COc1ccc(CNc2ccc(N(C)C)cc2)cn1. The smallest absolute Gasteiger partial charge is 0.212 e. The highest BCUT2D eigenvalue weighted by Crippen LogP contribution is 2.16. The molecule has 100 valence electrons. The van der Waals surface area contributed by atoms with E-state index >= 15 is 0 Å². The van der Waals surface area contributed by atoms with Gasteiger partial charge >= 0.3 is 0 Å². The lowest BCUT2D eigenvalue weighted by molar-refractivity contribution is 0.397. The Morgan fingerprint density at radius 3 is 2.37 bits per heavy atom. The first-order chi connectivity index (χ1) is 9.19. The molecule has 1 aromatic carbocycles. The predicted molar refractivity (Wildman–Crippen MR) is 78.9 cm³/mol. The molecule has 0 aliphatic carbocycles. The molecule has 0 unspecified atom stereocenters. The summed E-state index contributed by atoms with van der Waals surface area (Å²) in [5.74, 6) is 0.638. The van der Waals surface area contributed by atoms with Gasteiger partial charge in [-0.1, -0.05) is 6.07 Å². The third-order valence-corrected chi connectivity index (χ3v) is 2.89. The number of hydrogen-bond acceptors (Lipinski definition) is 4. The predicted octanol–water partition coefficient (Wildman–Crippen LogP) is 2.77. The van der Waals surface area contributed by atoms with Crippen LogP contribution in [0.3, 0.4) is 0 Å². The Balaban J connectivity index is 1.94. The summed E-state index contributed by atoms with van der Waals surface area (Å²) in [5.41, 5.74) is 3.41. The highest BCUT2D eigenvalue weighted by molar-refractivity contribution is 5.54. The fourth-order valence-corrected chi connectivity index (χ4v) is 1.72. The van der Waals surface area contributed by atoms with E-state index in [2.05, 4.69) is 39.5 Å². The lowest BCUT2D eigenvalue weighted by Gasteiger charge is -2.13. The van der Waals surface area contributed by atoms with E-state index in [4.69, 9.17) is 4.74 Å². The Hall–Kier alpha value is -2.23. The van der Waals surface area contributed by atoms with E-state index in [1.807, 2.05) is 32.4 Å². The summed E-state index contributed by atoms with van der Waals surface area (Å²) < 4.78 is 5.03. The van der Waals surface area contributed by atoms with Crippen LogP contribution in [0.2, 0.25) is 0 Å². The molecular formula is C15H19N3O. The Bertz CT molecular complexity index is 506. The van der Waals surface area contributed by atoms with Crippen molar-refractivity contribution in [2.24, 2.45) is 0 Å². The van der Waals surface area contributed by atoms with Gasteiger partial charge in [-0.25, -0.2) is 4.98 Å². The molecule has 0 saturated heterocycles. The van der Waals surface area contributed by atoms with Gasteiger partial charge in [-0.3, -0.25) is 0 Å². The maximum atomic E-state index is 5.03. The van der Waals surface area contributed by atoms with Crippen LogP contribution in [0.25, 0.3) is 0 Å². The third-order valence-electron chi connectivity index (χ3n) is 2.89. The zero-order valence-corrected chi connectivity index (χ0v) is 11.6. The van der Waals surface area contributed by atoms with Crippen molar-refractivity contribution in [3.8, 4) is 5.88 Å². The number of pyridine rings is 1. The number of ether oxygens (including phenoxy) is 1. The molecule has 1 heterocycles. The van der Waals surface area contributed by atoms with Crippen molar-refractivity contribution >= 4 is 11.4 Å². The second-order valence-corrected chi connectivity index (χ2v) is 4.50. The molecule has 0 aliphatic rings. The molecule has 1 aromatic heterocycles. The first-order valence-electron chi connectivity index (χ1n) is 6.19. The number of methoxy groups -OCH3 is 1. The van der Waals surface area contributed by atoms with E-state index in [9.17, 15) is 0 Å². The van der Waals surface area contributed by atoms with Gasteiger partial charge in [0.25, 0.3) is 0 Å². The van der Waals surface area contributed by atoms with Crippen molar-refractivity contribution in [1.82, 2.24) is 4.98 Å². The Labute approximate surface area is 114 Å². The van der Waals surface area contributed by atoms with Gasteiger partial charge in [-0.15, -0.1) is 0 Å². The summed E-state index contributed by atoms with van der Waals surface area (Å²) in [6.07, 6.45) is 1.82. The molecule has 19 heavy (non-hydrogen) atoms. The van der Waals surface area contributed by atoms with Crippen molar-refractivity contribution in [1.29, 1.82) is 0 Å². The van der Waals surface area contributed by atoms with Crippen molar-refractivity contribution in [2.75, 3.05) is 31.4 Å². The minimum Gasteiger partial charge on any atom is -0.481 e. The van der Waals surface area contributed by atoms with E-state index in [0.29, 0.717) is 5.88 Å². The molecule has 0 spiro atoms. The fraction of sp³-hybridized carbons (Fsp3) is 0.267. The largest absolute Gasteiger partial charge is 0.481 e. The molecule has 1 N–H and O–H groups in total. The van der Waals surface area contributed by atoms with E-state index in [0.717, 1.165) is 17.8 Å². The van der Waals surface area contributed by atoms with Crippen LogP contribution < -0.4 is 15.0 Å². The molecule has 0 radical (unpaired) electrons. The number of aromatic nitrogens is 1. The first-order valence-corrected chi connectivity index (χ1v) is 6.19. The standard InChI is InChI=1S/C15H19N3O/c1-18(2)14-7-5-13(6-8-14)16-10-12-4-9-15(19-3)17-11-12/h4-9,11,16H,10H2,1-3H3. The van der Waals surface area contributed by atoms with Gasteiger partial charge in [0.1, 0.15) is 0 Å². The van der Waals surface area contributed by atoms with E-state index < -0.39 is 0 Å². The highest BCUT2D eigenvalue weighted by Gasteiger charge is 1.98. The van der Waals surface area contributed by atoms with Gasteiger partial charge in [-0.2, -0.15) is 0 Å². The third kappa shape index (κ3) is 3.61. The Kier molecular flexibility index (Phi) is 4.23. The second-order valence-electron chi connectivity index (χ2n) is 4.50. The van der Waals surface area contributed by atoms with Gasteiger partial charge in [-0.05, 0) is 29.8 Å². The second kappa shape index (κ2) is 6.09. The van der Waals surface area contributed by atoms with E-state index in [-0.39, 0.29) is 0 Å². The van der Waals surface area contributed by atoms with Crippen molar-refractivity contribution in [3.63, 3.8) is 0 Å². The number of anilines is 2. The monoisotopic (exact) mass is 257 g/mol. The zero-order valence-electron chi connectivity index (χ0n) is 11.6. The van der Waals surface area contributed by atoms with Gasteiger partial charge in [0.15, 0.2) is 0 Å². The molecule has 0 bridgehead atoms. The van der Waals surface area contributed by atoms with Crippen LogP contribution in [0.5, 0.6) is 5.88 Å². The molecule has 0 atom stereocenters. The van der Waals surface area contributed by atoms with Gasteiger partial charge in [0.05, 0.1) is 7.11 Å². The molecule has 4 heteroatoms. The van der Waals surface area contributed by atoms with Crippen LogP contribution >= 0.6 is 0 Å². The number of nitrogens with zero attached hydrogens (tertiary/aromatic N) is 2. The van der Waals surface area contributed by atoms with E-state index in [1.54, 1.807) is 7.11 Å². The van der Waals surface area contributed by atoms with Crippen LogP contribution in [0, 0.1) is 0 Å². The summed E-state index contributed by atoms with van der Waals surface area (Å²) in [6.45, 7) is 0.748. The average Bonchev–Trinajstić information content (AvgIpc) is 2.46. The molecule has 4 nitrogen and oxygen atoms in total. The van der Waals surface area contributed by atoms with Crippen LogP contribution in [-0.4, -0.2) is 26.2 Å². The number of hydrogen-bond donors (Lipinski definition) is 1. The lowest BCUT2D eigenvalue weighted by atomic mass is 10.2. The van der Waals surface area contributed by atoms with Crippen molar-refractivity contribution in [2.45, 2.75) is 6.54 Å². The lowest BCUT2D eigenvalue weighted by Crippen LogP contribution is -2.08. The average molecular weight is 257 g/mol. The molecule has 2 rings (SSSR count). The highest BCUT2D eigenvalue weighted by atomic mass is 16.5. The van der Waals surface area contributed by atoms with Crippen LogP contribution in [-0.2, 0) is 6.54 Å². The van der Waals surface area contributed by atoms with Crippen molar-refractivity contribution in [3.05, 3.63) is 48.2 Å². The summed E-state index contributed by atoms with van der Waals surface area (Å²) in [7, 11) is 5.68. The van der Waals surface area contributed by atoms with E-state index in [1.165, 1.54) is 5.69 Å². The van der Waals surface area contributed by atoms with Gasteiger partial charge in [0.2, 0.25) is 5.88 Å².